The van der Waals surface area contributed by atoms with E-state index in [-0.39, 0.29) is 65.4 Å². The fourth-order valence-corrected chi connectivity index (χ4v) is 5.87. The molecule has 2 heterocycles. The quantitative estimate of drug-likeness (QED) is 0.120. The van der Waals surface area contributed by atoms with Crippen LogP contribution in [0.3, 0.4) is 0 Å². The third-order valence-electron chi connectivity index (χ3n) is 8.30. The minimum atomic E-state index is -1.74. The lowest BCUT2D eigenvalue weighted by Gasteiger charge is -2.30. The molecular formula is C34H32Cl2F2N4O5. The number of halogens is 4. The van der Waals surface area contributed by atoms with Crippen molar-refractivity contribution in [3.63, 3.8) is 0 Å². The molecule has 6 rings (SSSR count). The van der Waals surface area contributed by atoms with E-state index < -0.39 is 34.1 Å². The number of benzene rings is 2. The Hall–Kier alpha value is -4.06. The highest BCUT2D eigenvalue weighted by Gasteiger charge is 2.47. The van der Waals surface area contributed by atoms with Crippen LogP contribution in [-0.2, 0) is 16.8 Å². The second-order valence-electron chi connectivity index (χ2n) is 12.0. The van der Waals surface area contributed by atoms with Gasteiger partial charge in [0, 0.05) is 22.1 Å². The summed E-state index contributed by atoms with van der Waals surface area (Å²) in [7, 11) is 0. The van der Waals surface area contributed by atoms with Gasteiger partial charge in [-0.1, -0.05) is 23.2 Å². The molecule has 2 fully saturated rings. The van der Waals surface area contributed by atoms with Crippen LogP contribution in [0.15, 0.2) is 36.4 Å². The number of nitrogens with two attached hydrogens (primary N) is 1. The Balaban J connectivity index is 1.39. The van der Waals surface area contributed by atoms with E-state index in [9.17, 15) is 19.1 Å². The van der Waals surface area contributed by atoms with Crippen molar-refractivity contribution in [1.29, 1.82) is 0 Å². The topological polar surface area (TPSA) is 137 Å². The average molecular weight is 686 g/mol. The molecular weight excluding hydrogens is 653 g/mol. The lowest BCUT2D eigenvalue weighted by atomic mass is 9.90. The fourth-order valence-electron chi connectivity index (χ4n) is 5.57. The molecule has 246 valence electrons. The third-order valence-corrected chi connectivity index (χ3v) is 9.03. The number of primary amides is 1. The number of nitrogens with one attached hydrogen (secondary N) is 1. The molecule has 2 aliphatic rings. The molecule has 2 aromatic heterocycles. The molecule has 0 unspecified atom stereocenters. The highest BCUT2D eigenvalue weighted by molar-refractivity contribution is 6.31. The summed E-state index contributed by atoms with van der Waals surface area (Å²) in [6.45, 7) is 3.36. The normalized spacial score (nSPS) is 15.7. The summed E-state index contributed by atoms with van der Waals surface area (Å²) in [5.41, 5.74) is 5.38. The molecule has 1 atom stereocenters. The van der Waals surface area contributed by atoms with Crippen LogP contribution in [-0.4, -0.2) is 46.1 Å². The van der Waals surface area contributed by atoms with Crippen molar-refractivity contribution in [2.24, 2.45) is 11.7 Å². The van der Waals surface area contributed by atoms with Crippen LogP contribution in [0.5, 0.6) is 11.5 Å². The number of carbonyl (C=O) groups is 2. The van der Waals surface area contributed by atoms with Gasteiger partial charge in [0.1, 0.15) is 44.3 Å². The summed E-state index contributed by atoms with van der Waals surface area (Å²) in [6, 6.07) is 8.72. The number of rotatable bonds is 12. The number of nitrogens with zero attached hydrogens (tertiary/aromatic N) is 2. The highest BCUT2D eigenvalue weighted by Crippen LogP contribution is 2.47. The molecule has 4 aromatic rings. The number of aromatic nitrogens is 2. The van der Waals surface area contributed by atoms with Crippen LogP contribution >= 0.6 is 23.2 Å². The summed E-state index contributed by atoms with van der Waals surface area (Å²) in [5, 5.41) is 15.3. The van der Waals surface area contributed by atoms with Crippen molar-refractivity contribution < 1.29 is 33.0 Å². The van der Waals surface area contributed by atoms with Gasteiger partial charge in [0.05, 0.1) is 31.4 Å². The second-order valence-corrected chi connectivity index (χ2v) is 12.7. The molecule has 0 aliphatic heterocycles. The van der Waals surface area contributed by atoms with Gasteiger partial charge in [-0.2, -0.15) is 0 Å². The van der Waals surface area contributed by atoms with E-state index >= 15 is 4.39 Å². The maximum atomic E-state index is 15.4. The number of aryl methyl sites for hydroxylation is 1. The number of fused-ring (bicyclic) bond motifs is 1. The van der Waals surface area contributed by atoms with Crippen molar-refractivity contribution in [1.82, 2.24) is 15.3 Å². The fraction of sp³-hybridized carbons (Fsp3) is 0.353. The number of pyridine rings is 2. The highest BCUT2D eigenvalue weighted by atomic mass is 35.5. The Morgan fingerprint density at radius 2 is 1.85 bits per heavy atom. The van der Waals surface area contributed by atoms with E-state index in [0.29, 0.717) is 34.6 Å². The molecule has 2 saturated carbocycles. The van der Waals surface area contributed by atoms with E-state index in [1.165, 1.54) is 6.07 Å². The largest absolute Gasteiger partial charge is 0.491 e. The summed E-state index contributed by atoms with van der Waals surface area (Å²) < 4.78 is 41.3. The van der Waals surface area contributed by atoms with Crippen LogP contribution < -0.4 is 20.5 Å². The molecule has 13 heteroatoms. The number of carbonyl (C=O) groups excluding carboxylic acids is 2. The Morgan fingerprint density at radius 1 is 1.11 bits per heavy atom. The first-order valence-corrected chi connectivity index (χ1v) is 16.0. The van der Waals surface area contributed by atoms with Gasteiger partial charge in [0.25, 0.3) is 5.91 Å². The van der Waals surface area contributed by atoms with Crippen molar-refractivity contribution in [2.75, 3.05) is 13.2 Å². The van der Waals surface area contributed by atoms with Crippen molar-refractivity contribution in [3.05, 3.63) is 80.6 Å². The molecule has 47 heavy (non-hydrogen) atoms. The summed E-state index contributed by atoms with van der Waals surface area (Å²) in [4.78, 5) is 34.8. The number of aliphatic hydroxyl groups is 1. The van der Waals surface area contributed by atoms with E-state index in [0.717, 1.165) is 30.5 Å². The van der Waals surface area contributed by atoms with Gasteiger partial charge in [-0.3, -0.25) is 9.59 Å². The van der Waals surface area contributed by atoms with Gasteiger partial charge < -0.3 is 25.6 Å². The Bertz CT molecular complexity index is 1920. The second kappa shape index (κ2) is 12.9. The Kier molecular flexibility index (Phi) is 8.99. The van der Waals surface area contributed by atoms with E-state index in [1.54, 1.807) is 19.1 Å². The van der Waals surface area contributed by atoms with Crippen molar-refractivity contribution in [2.45, 2.75) is 57.7 Å². The average Bonchev–Trinajstić information content (AvgIpc) is 3.96. The van der Waals surface area contributed by atoms with E-state index in [2.05, 4.69) is 15.3 Å². The lowest BCUT2D eigenvalue weighted by molar-refractivity contribution is -0.117. The molecule has 0 radical (unpaired) electrons. The smallest absolute Gasteiger partial charge is 0.251 e. The molecule has 4 N–H and O–H groups in total. The Morgan fingerprint density at radius 3 is 2.51 bits per heavy atom. The lowest BCUT2D eigenvalue weighted by Crippen LogP contribution is -2.43. The predicted octanol–water partition coefficient (Wildman–Crippen LogP) is 6.19. The van der Waals surface area contributed by atoms with E-state index in [1.807, 2.05) is 13.0 Å². The molecule has 2 aromatic carbocycles. The molecule has 0 saturated heterocycles. The molecule has 9 nitrogen and oxygen atoms in total. The van der Waals surface area contributed by atoms with Gasteiger partial charge in [-0.05, 0) is 87.4 Å². The summed E-state index contributed by atoms with van der Waals surface area (Å²) >= 11 is 12.2. The third kappa shape index (κ3) is 6.70. The first-order valence-electron chi connectivity index (χ1n) is 15.3. The molecule has 0 bridgehead atoms. The zero-order valence-corrected chi connectivity index (χ0v) is 27.1. The first-order chi connectivity index (χ1) is 22.4. The standard InChI is InChI=1S/C34H32Cl2F2N4O5/c1-3-46-31-18(14-26(39)43)13-25(41-30(31)22-8-9-23(37)27(35)28(22)38)34(45,20-4-5-20)15-40-33(44)19-11-17-10-16(2)32(36)42-29(17)24(12-19)47-21-6-7-21/h8-13,20-21,45H,3-7,14-15H2,1-2H3,(H2,39,43)(H,40,44)/t34-/m1/s1. The number of hydrogen-bond donors (Lipinski definition) is 3. The van der Waals surface area contributed by atoms with Crippen LogP contribution in [0.4, 0.5) is 8.78 Å². The monoisotopic (exact) mass is 684 g/mol. The van der Waals surface area contributed by atoms with Crippen molar-refractivity contribution in [3.8, 4) is 22.8 Å². The van der Waals surface area contributed by atoms with Gasteiger partial charge in [0.2, 0.25) is 5.91 Å². The zero-order valence-electron chi connectivity index (χ0n) is 25.6. The van der Waals surface area contributed by atoms with Gasteiger partial charge in [0.15, 0.2) is 5.82 Å². The number of ether oxygens (including phenoxy) is 2. The molecule has 0 spiro atoms. The Labute approximate surface area is 279 Å². The minimum Gasteiger partial charge on any atom is -0.491 e. The maximum Gasteiger partial charge on any atom is 0.251 e. The van der Waals surface area contributed by atoms with Crippen LogP contribution in [0.1, 0.15) is 59.8 Å². The first kappa shape index (κ1) is 32.9. The summed E-state index contributed by atoms with van der Waals surface area (Å²) in [6.07, 6.45) is 2.76. The SMILES string of the molecule is CCOc1c(CC(N)=O)cc([C@@](O)(CNC(=O)c2cc(OC3CC3)c3nc(Cl)c(C)cc3c2)C2CC2)nc1-c1ccc(F)c(Cl)c1F. The van der Waals surface area contributed by atoms with Gasteiger partial charge >= 0.3 is 0 Å². The molecule has 2 aliphatic carbocycles. The minimum absolute atomic E-state index is 0.0358. The van der Waals surface area contributed by atoms with E-state index in [4.69, 9.17) is 38.4 Å². The maximum absolute atomic E-state index is 15.4. The number of amides is 2. The van der Waals surface area contributed by atoms with Crippen LogP contribution in [0.2, 0.25) is 10.2 Å². The predicted molar refractivity (Wildman–Crippen MR) is 173 cm³/mol. The van der Waals surface area contributed by atoms with Crippen molar-refractivity contribution >= 4 is 45.9 Å². The van der Waals surface area contributed by atoms with Crippen LogP contribution in [0, 0.1) is 24.5 Å². The van der Waals surface area contributed by atoms with Crippen LogP contribution in [0.25, 0.3) is 22.2 Å². The summed E-state index contributed by atoms with van der Waals surface area (Å²) in [5.74, 6) is -3.09. The number of hydrogen-bond acceptors (Lipinski definition) is 7. The zero-order chi connectivity index (χ0) is 33.6. The van der Waals surface area contributed by atoms with Gasteiger partial charge in [-0.15, -0.1) is 0 Å². The molecule has 2 amide bonds. The van der Waals surface area contributed by atoms with Gasteiger partial charge in [-0.25, -0.2) is 18.7 Å².